The smallest absolute Gasteiger partial charge is 0.255 e. The fourth-order valence-corrected chi connectivity index (χ4v) is 3.73. The minimum Gasteiger partial charge on any atom is -0.507 e. The number of phenols is 1. The first-order valence-corrected chi connectivity index (χ1v) is 9.10. The molecule has 134 valence electrons. The molecule has 0 spiro atoms. The second-order valence-corrected chi connectivity index (χ2v) is 6.94. The molecular weight excluding hydrogens is 360 g/mol. The van der Waals surface area contributed by atoms with Gasteiger partial charge < -0.3 is 15.2 Å². The van der Waals surface area contributed by atoms with Crippen molar-refractivity contribution in [2.45, 2.75) is 0 Å². The average molecular weight is 376 g/mol. The Labute approximate surface area is 159 Å². The number of nitrogens with zero attached hydrogens (tertiary/aromatic N) is 1. The van der Waals surface area contributed by atoms with E-state index in [1.54, 1.807) is 49.6 Å². The third-order valence-corrected chi connectivity index (χ3v) is 5.18. The Balaban J connectivity index is 1.64. The van der Waals surface area contributed by atoms with Crippen molar-refractivity contribution in [3.8, 4) is 22.1 Å². The second kappa shape index (κ2) is 7.09. The molecule has 0 saturated carbocycles. The number of amides is 1. The zero-order valence-corrected chi connectivity index (χ0v) is 15.3. The summed E-state index contributed by atoms with van der Waals surface area (Å²) in [6.07, 6.45) is 0. The van der Waals surface area contributed by atoms with Crippen LogP contribution in [-0.2, 0) is 0 Å². The maximum atomic E-state index is 12.5. The van der Waals surface area contributed by atoms with Gasteiger partial charge in [0.2, 0.25) is 0 Å². The molecule has 0 bridgehead atoms. The van der Waals surface area contributed by atoms with Crippen molar-refractivity contribution in [2.24, 2.45) is 0 Å². The predicted molar refractivity (Wildman–Crippen MR) is 108 cm³/mol. The van der Waals surface area contributed by atoms with Crippen LogP contribution in [0.5, 0.6) is 11.5 Å². The molecule has 0 radical (unpaired) electrons. The van der Waals surface area contributed by atoms with Crippen LogP contribution in [0.4, 0.5) is 5.69 Å². The Morgan fingerprint density at radius 1 is 1.07 bits per heavy atom. The number of methoxy groups -OCH3 is 1. The van der Waals surface area contributed by atoms with Crippen molar-refractivity contribution < 1.29 is 14.6 Å². The Hall–Kier alpha value is -3.38. The number of benzene rings is 3. The van der Waals surface area contributed by atoms with Gasteiger partial charge in [0.25, 0.3) is 5.91 Å². The van der Waals surface area contributed by atoms with Crippen LogP contribution in [0.3, 0.4) is 0 Å². The minimum atomic E-state index is -0.255. The summed E-state index contributed by atoms with van der Waals surface area (Å²) in [6.45, 7) is 0. The highest BCUT2D eigenvalue weighted by Gasteiger charge is 2.13. The number of rotatable bonds is 4. The number of hydrogen-bond acceptors (Lipinski definition) is 5. The van der Waals surface area contributed by atoms with E-state index in [2.05, 4.69) is 10.3 Å². The molecule has 0 atom stereocenters. The fraction of sp³-hybridized carbons (Fsp3) is 0.0476. The topological polar surface area (TPSA) is 71.5 Å². The van der Waals surface area contributed by atoms with Crippen molar-refractivity contribution >= 4 is 33.1 Å². The standard InChI is InChI=1S/C21H16N2O3S/c1-26-15-6-4-5-13(11-15)20(25)22-14-9-10-18(24)16(12-14)21-23-17-7-2-3-8-19(17)27-21/h2-12,24H,1H3,(H,22,25). The van der Waals surface area contributed by atoms with E-state index in [1.165, 1.54) is 11.3 Å². The van der Waals surface area contributed by atoms with Crippen LogP contribution >= 0.6 is 11.3 Å². The summed E-state index contributed by atoms with van der Waals surface area (Å²) in [4.78, 5) is 17.1. The molecule has 2 N–H and O–H groups in total. The molecule has 1 heterocycles. The lowest BCUT2D eigenvalue weighted by Crippen LogP contribution is -2.11. The summed E-state index contributed by atoms with van der Waals surface area (Å²) in [5.41, 5.74) is 2.53. The van der Waals surface area contributed by atoms with Crippen molar-refractivity contribution in [1.29, 1.82) is 0 Å². The molecular formula is C21H16N2O3S. The molecule has 3 aromatic carbocycles. The van der Waals surface area contributed by atoms with Crippen molar-refractivity contribution in [2.75, 3.05) is 12.4 Å². The van der Waals surface area contributed by atoms with E-state index in [-0.39, 0.29) is 11.7 Å². The highest BCUT2D eigenvalue weighted by atomic mass is 32.1. The normalized spacial score (nSPS) is 10.7. The number of fused-ring (bicyclic) bond motifs is 1. The van der Waals surface area contributed by atoms with E-state index >= 15 is 0 Å². The lowest BCUT2D eigenvalue weighted by molar-refractivity contribution is 0.102. The lowest BCUT2D eigenvalue weighted by atomic mass is 10.1. The number of phenolic OH excluding ortho intramolecular Hbond substituents is 1. The number of aromatic nitrogens is 1. The van der Waals surface area contributed by atoms with Crippen molar-refractivity contribution in [3.05, 3.63) is 72.3 Å². The number of carbonyl (C=O) groups excluding carboxylic acids is 1. The van der Waals surface area contributed by atoms with E-state index in [4.69, 9.17) is 4.74 Å². The Kier molecular flexibility index (Phi) is 4.48. The lowest BCUT2D eigenvalue weighted by Gasteiger charge is -2.09. The van der Waals surface area contributed by atoms with E-state index < -0.39 is 0 Å². The van der Waals surface area contributed by atoms with Gasteiger partial charge >= 0.3 is 0 Å². The van der Waals surface area contributed by atoms with Crippen LogP contribution in [0, 0.1) is 0 Å². The SMILES string of the molecule is COc1cccc(C(=O)Nc2ccc(O)c(-c3nc4ccccc4s3)c2)c1. The first-order chi connectivity index (χ1) is 13.1. The Morgan fingerprint density at radius 2 is 1.93 bits per heavy atom. The third kappa shape index (κ3) is 3.47. The molecule has 0 aliphatic carbocycles. The van der Waals surface area contributed by atoms with Gasteiger partial charge in [-0.05, 0) is 48.5 Å². The molecule has 4 aromatic rings. The van der Waals surface area contributed by atoms with Crippen LogP contribution in [0.1, 0.15) is 10.4 Å². The Bertz CT molecular complexity index is 1100. The second-order valence-electron chi connectivity index (χ2n) is 5.90. The largest absolute Gasteiger partial charge is 0.507 e. The number of carbonyl (C=O) groups is 1. The fourth-order valence-electron chi connectivity index (χ4n) is 2.74. The van der Waals surface area contributed by atoms with Crippen LogP contribution in [0.15, 0.2) is 66.7 Å². The number of aromatic hydroxyl groups is 1. The molecule has 1 amide bonds. The molecule has 27 heavy (non-hydrogen) atoms. The highest BCUT2D eigenvalue weighted by Crippen LogP contribution is 2.36. The van der Waals surface area contributed by atoms with Crippen LogP contribution in [0.2, 0.25) is 0 Å². The van der Waals surface area contributed by atoms with Crippen molar-refractivity contribution in [1.82, 2.24) is 4.98 Å². The number of anilines is 1. The summed E-state index contributed by atoms with van der Waals surface area (Å²) in [5.74, 6) is 0.479. The maximum absolute atomic E-state index is 12.5. The first-order valence-electron chi connectivity index (χ1n) is 8.28. The molecule has 0 fully saturated rings. The van der Waals surface area contributed by atoms with E-state index in [0.29, 0.717) is 27.6 Å². The van der Waals surface area contributed by atoms with Gasteiger partial charge in [-0.2, -0.15) is 0 Å². The third-order valence-electron chi connectivity index (χ3n) is 4.11. The number of hydrogen-bond donors (Lipinski definition) is 2. The highest BCUT2D eigenvalue weighted by molar-refractivity contribution is 7.21. The van der Waals surface area contributed by atoms with Crippen LogP contribution in [-0.4, -0.2) is 23.1 Å². The van der Waals surface area contributed by atoms with E-state index in [1.807, 2.05) is 24.3 Å². The number of ether oxygens (including phenoxy) is 1. The van der Waals surface area contributed by atoms with Gasteiger partial charge in [-0.25, -0.2) is 4.98 Å². The van der Waals surface area contributed by atoms with Gasteiger partial charge in [0.15, 0.2) is 0 Å². The summed E-state index contributed by atoms with van der Waals surface area (Å²) < 4.78 is 6.20. The van der Waals surface area contributed by atoms with Crippen LogP contribution in [0.25, 0.3) is 20.8 Å². The molecule has 0 aliphatic heterocycles. The zero-order valence-electron chi connectivity index (χ0n) is 14.5. The van der Waals surface area contributed by atoms with Gasteiger partial charge in [-0.3, -0.25) is 4.79 Å². The van der Waals surface area contributed by atoms with E-state index in [0.717, 1.165) is 10.2 Å². The van der Waals surface area contributed by atoms with Gasteiger partial charge in [-0.1, -0.05) is 18.2 Å². The quantitative estimate of drug-likeness (QED) is 0.496. The molecule has 5 nitrogen and oxygen atoms in total. The predicted octanol–water partition coefficient (Wildman–Crippen LogP) is 4.93. The molecule has 6 heteroatoms. The summed E-state index contributed by atoms with van der Waals surface area (Å²) in [6, 6.07) is 19.7. The summed E-state index contributed by atoms with van der Waals surface area (Å²) >= 11 is 1.49. The molecule has 1 aromatic heterocycles. The van der Waals surface area contributed by atoms with Gasteiger partial charge in [0, 0.05) is 11.3 Å². The summed E-state index contributed by atoms with van der Waals surface area (Å²) in [7, 11) is 1.56. The van der Waals surface area contributed by atoms with Crippen molar-refractivity contribution in [3.63, 3.8) is 0 Å². The molecule has 0 aliphatic rings. The van der Waals surface area contributed by atoms with Crippen LogP contribution < -0.4 is 10.1 Å². The Morgan fingerprint density at radius 3 is 2.74 bits per heavy atom. The minimum absolute atomic E-state index is 0.119. The number of thiazole rings is 1. The van der Waals surface area contributed by atoms with Gasteiger partial charge in [0.1, 0.15) is 16.5 Å². The van der Waals surface area contributed by atoms with Gasteiger partial charge in [-0.15, -0.1) is 11.3 Å². The molecule has 0 saturated heterocycles. The first kappa shape index (κ1) is 17.1. The van der Waals surface area contributed by atoms with Gasteiger partial charge in [0.05, 0.1) is 22.9 Å². The molecule has 4 rings (SSSR count). The maximum Gasteiger partial charge on any atom is 0.255 e. The zero-order chi connectivity index (χ0) is 18.8. The van der Waals surface area contributed by atoms with E-state index in [9.17, 15) is 9.90 Å². The number of nitrogens with one attached hydrogen (secondary N) is 1. The average Bonchev–Trinajstić information content (AvgIpc) is 3.13. The number of para-hydroxylation sites is 1. The molecule has 0 unspecified atom stereocenters. The monoisotopic (exact) mass is 376 g/mol. The summed E-state index contributed by atoms with van der Waals surface area (Å²) in [5, 5.41) is 13.8.